The fourth-order valence-electron chi connectivity index (χ4n) is 1.90. The lowest BCUT2D eigenvalue weighted by molar-refractivity contribution is -0.134. The maximum Gasteiger partial charge on any atom is 0.280 e. The number of nitrogens with zero attached hydrogens (tertiary/aromatic N) is 1. The summed E-state index contributed by atoms with van der Waals surface area (Å²) in [5, 5.41) is 7.13. The van der Waals surface area contributed by atoms with Gasteiger partial charge >= 0.3 is 0 Å². The van der Waals surface area contributed by atoms with E-state index in [-0.39, 0.29) is 11.1 Å². The average molecular weight is 383 g/mol. The summed E-state index contributed by atoms with van der Waals surface area (Å²) in [6.07, 6.45) is 0. The molecular formula is C15H15ClN4O4S. The van der Waals surface area contributed by atoms with Gasteiger partial charge in [-0.3, -0.25) is 19.2 Å². The molecule has 2 atom stereocenters. The van der Waals surface area contributed by atoms with E-state index in [4.69, 9.17) is 11.6 Å². The van der Waals surface area contributed by atoms with Crippen LogP contribution in [0.4, 0.5) is 5.69 Å². The van der Waals surface area contributed by atoms with Crippen LogP contribution in [0.5, 0.6) is 0 Å². The number of anilines is 1. The van der Waals surface area contributed by atoms with Crippen LogP contribution in [-0.2, 0) is 19.2 Å². The molecule has 0 bridgehead atoms. The minimum Gasteiger partial charge on any atom is -0.337 e. The molecule has 25 heavy (non-hydrogen) atoms. The van der Waals surface area contributed by atoms with Crippen molar-refractivity contribution in [2.45, 2.75) is 25.1 Å². The van der Waals surface area contributed by atoms with Crippen LogP contribution in [-0.4, -0.2) is 40.1 Å². The highest BCUT2D eigenvalue weighted by atomic mass is 35.5. The summed E-state index contributed by atoms with van der Waals surface area (Å²) in [6, 6.07) is 5.30. The van der Waals surface area contributed by atoms with Crippen molar-refractivity contribution < 1.29 is 19.2 Å². The van der Waals surface area contributed by atoms with E-state index < -0.39 is 29.0 Å². The van der Waals surface area contributed by atoms with E-state index in [9.17, 15) is 19.2 Å². The number of thioether (sulfide) groups is 1. The van der Waals surface area contributed by atoms with Crippen molar-refractivity contribution >= 4 is 57.8 Å². The standard InChI is InChI=1S/C15H15ClN4O4S/c1-7(12(22)18-10-5-3-4-9(16)6-10)25-15-19-13(23)11(14(24)20-15)17-8(2)21/h3-7,11H,1-2H3,(H,17,21)(H,18,22)(H,19,20,23,24)/t7-/m1/s1. The molecule has 0 aliphatic carbocycles. The Balaban J connectivity index is 1.99. The lowest BCUT2D eigenvalue weighted by Gasteiger charge is -2.21. The summed E-state index contributed by atoms with van der Waals surface area (Å²) in [7, 11) is 0. The van der Waals surface area contributed by atoms with Crippen LogP contribution in [0, 0.1) is 0 Å². The van der Waals surface area contributed by atoms with Gasteiger partial charge < -0.3 is 16.0 Å². The number of hydrogen-bond donors (Lipinski definition) is 3. The fourth-order valence-corrected chi connectivity index (χ4v) is 2.89. The van der Waals surface area contributed by atoms with Gasteiger partial charge in [-0.25, -0.2) is 0 Å². The lowest BCUT2D eigenvalue weighted by atomic mass is 10.2. The van der Waals surface area contributed by atoms with Gasteiger partial charge in [0, 0.05) is 17.6 Å². The van der Waals surface area contributed by atoms with Crippen LogP contribution in [0.25, 0.3) is 0 Å². The molecule has 3 N–H and O–H groups in total. The molecule has 8 nitrogen and oxygen atoms in total. The molecule has 132 valence electrons. The van der Waals surface area contributed by atoms with E-state index in [2.05, 4.69) is 20.9 Å². The quantitative estimate of drug-likeness (QED) is 0.669. The highest BCUT2D eigenvalue weighted by Gasteiger charge is 2.33. The van der Waals surface area contributed by atoms with Crippen molar-refractivity contribution in [3.8, 4) is 0 Å². The fraction of sp³-hybridized carbons (Fsp3) is 0.267. The molecule has 0 spiro atoms. The van der Waals surface area contributed by atoms with Crippen LogP contribution in [0.2, 0.25) is 5.02 Å². The maximum atomic E-state index is 12.2. The molecule has 1 aliphatic rings. The summed E-state index contributed by atoms with van der Waals surface area (Å²) < 4.78 is 0. The maximum absolute atomic E-state index is 12.2. The van der Waals surface area contributed by atoms with Gasteiger partial charge in [-0.15, -0.1) is 0 Å². The van der Waals surface area contributed by atoms with Crippen molar-refractivity contribution in [3.63, 3.8) is 0 Å². The van der Waals surface area contributed by atoms with Gasteiger partial charge in [0.1, 0.15) is 0 Å². The molecule has 10 heteroatoms. The van der Waals surface area contributed by atoms with E-state index in [0.717, 1.165) is 11.8 Å². The number of aliphatic imine (C=N–C) groups is 1. The predicted molar refractivity (Wildman–Crippen MR) is 95.3 cm³/mol. The SMILES string of the molecule is CC(=O)N[C@H]1C(=O)N=C(S[C@H](C)C(=O)Nc2cccc(Cl)c2)NC1=O. The van der Waals surface area contributed by atoms with Crippen molar-refractivity contribution in [2.75, 3.05) is 5.32 Å². The molecule has 0 saturated carbocycles. The van der Waals surface area contributed by atoms with Crippen LogP contribution >= 0.6 is 23.4 Å². The van der Waals surface area contributed by atoms with E-state index in [1.165, 1.54) is 6.92 Å². The first-order valence-electron chi connectivity index (χ1n) is 7.20. The van der Waals surface area contributed by atoms with Crippen LogP contribution in [0.15, 0.2) is 29.3 Å². The number of amidine groups is 1. The Morgan fingerprint density at radius 2 is 2.08 bits per heavy atom. The average Bonchev–Trinajstić information content (AvgIpc) is 2.50. The third-order valence-electron chi connectivity index (χ3n) is 3.05. The molecule has 1 heterocycles. The topological polar surface area (TPSA) is 117 Å². The third kappa shape index (κ3) is 5.30. The molecule has 0 aromatic heterocycles. The Hall–Kier alpha value is -2.39. The molecule has 1 aromatic rings. The highest BCUT2D eigenvalue weighted by Crippen LogP contribution is 2.19. The zero-order valence-corrected chi connectivity index (χ0v) is 14.9. The monoisotopic (exact) mass is 382 g/mol. The number of nitrogens with one attached hydrogen (secondary N) is 3. The Bertz CT molecular complexity index is 768. The minimum atomic E-state index is -1.35. The Morgan fingerprint density at radius 1 is 1.36 bits per heavy atom. The zero-order valence-electron chi connectivity index (χ0n) is 13.3. The van der Waals surface area contributed by atoms with Gasteiger partial charge in [-0.1, -0.05) is 29.4 Å². The van der Waals surface area contributed by atoms with Gasteiger partial charge in [-0.05, 0) is 25.1 Å². The number of carbonyl (C=O) groups is 4. The van der Waals surface area contributed by atoms with Crippen LogP contribution < -0.4 is 16.0 Å². The van der Waals surface area contributed by atoms with Gasteiger partial charge in [0.15, 0.2) is 11.2 Å². The molecule has 0 radical (unpaired) electrons. The number of amides is 4. The number of hydrogen-bond acceptors (Lipinski definition) is 5. The van der Waals surface area contributed by atoms with E-state index in [0.29, 0.717) is 10.7 Å². The third-order valence-corrected chi connectivity index (χ3v) is 4.27. The number of carbonyl (C=O) groups excluding carboxylic acids is 4. The molecular weight excluding hydrogens is 368 g/mol. The normalized spacial score (nSPS) is 18.0. The highest BCUT2D eigenvalue weighted by molar-refractivity contribution is 8.15. The zero-order chi connectivity index (χ0) is 18.6. The Morgan fingerprint density at radius 3 is 2.68 bits per heavy atom. The first kappa shape index (κ1) is 18.9. The molecule has 0 saturated heterocycles. The molecule has 0 unspecified atom stereocenters. The van der Waals surface area contributed by atoms with Crippen molar-refractivity contribution in [1.82, 2.24) is 10.6 Å². The summed E-state index contributed by atoms with van der Waals surface area (Å²) in [5.41, 5.74) is 0.529. The Labute approximate surface area is 152 Å². The number of benzene rings is 1. The summed E-state index contributed by atoms with van der Waals surface area (Å²) in [6.45, 7) is 2.79. The lowest BCUT2D eigenvalue weighted by Crippen LogP contribution is -2.55. The van der Waals surface area contributed by atoms with E-state index in [1.54, 1.807) is 31.2 Å². The summed E-state index contributed by atoms with van der Waals surface area (Å²) >= 11 is 6.77. The molecule has 0 fully saturated rings. The number of halogens is 1. The first-order valence-corrected chi connectivity index (χ1v) is 8.45. The van der Waals surface area contributed by atoms with Crippen LogP contribution in [0.1, 0.15) is 13.8 Å². The van der Waals surface area contributed by atoms with Crippen LogP contribution in [0.3, 0.4) is 0 Å². The van der Waals surface area contributed by atoms with E-state index >= 15 is 0 Å². The molecule has 2 rings (SSSR count). The molecule has 1 aromatic carbocycles. The summed E-state index contributed by atoms with van der Waals surface area (Å²) in [4.78, 5) is 50.6. The minimum absolute atomic E-state index is 0.00495. The summed E-state index contributed by atoms with van der Waals surface area (Å²) in [5.74, 6) is -2.35. The second kappa shape index (κ2) is 8.13. The van der Waals surface area contributed by atoms with Crippen molar-refractivity contribution in [3.05, 3.63) is 29.3 Å². The Kier molecular flexibility index (Phi) is 6.16. The number of rotatable bonds is 4. The molecule has 1 aliphatic heterocycles. The molecule has 4 amide bonds. The smallest absolute Gasteiger partial charge is 0.280 e. The second-order valence-corrected chi connectivity index (χ2v) is 6.90. The second-order valence-electron chi connectivity index (χ2n) is 5.14. The van der Waals surface area contributed by atoms with Crippen molar-refractivity contribution in [1.29, 1.82) is 0 Å². The van der Waals surface area contributed by atoms with E-state index in [1.807, 2.05) is 0 Å². The first-order chi connectivity index (χ1) is 11.8. The van der Waals surface area contributed by atoms with Gasteiger partial charge in [0.2, 0.25) is 11.8 Å². The van der Waals surface area contributed by atoms with Gasteiger partial charge in [0.05, 0.1) is 5.25 Å². The van der Waals surface area contributed by atoms with Crippen molar-refractivity contribution in [2.24, 2.45) is 4.99 Å². The van der Waals surface area contributed by atoms with Gasteiger partial charge in [-0.2, -0.15) is 4.99 Å². The largest absolute Gasteiger partial charge is 0.337 e. The predicted octanol–water partition coefficient (Wildman–Crippen LogP) is 0.917. The van der Waals surface area contributed by atoms with Gasteiger partial charge in [0.25, 0.3) is 11.8 Å².